The summed E-state index contributed by atoms with van der Waals surface area (Å²) in [4.78, 5) is 16.7. The molecule has 0 radical (unpaired) electrons. The summed E-state index contributed by atoms with van der Waals surface area (Å²) in [7, 11) is 0. The van der Waals surface area contributed by atoms with Gasteiger partial charge in [0.2, 0.25) is 0 Å². The number of nitrogens with one attached hydrogen (secondary N) is 1. The Kier molecular flexibility index (Phi) is 4.75. The molecule has 29 heavy (non-hydrogen) atoms. The summed E-state index contributed by atoms with van der Waals surface area (Å²) in [6.45, 7) is 0. The van der Waals surface area contributed by atoms with Crippen LogP contribution < -0.4 is 5.32 Å². The molecular formula is C18H9ClF4N4OS. The molecule has 0 saturated carbocycles. The first-order valence-electron chi connectivity index (χ1n) is 8.01. The number of benzene rings is 2. The van der Waals surface area contributed by atoms with E-state index in [4.69, 9.17) is 11.6 Å². The van der Waals surface area contributed by atoms with E-state index in [1.807, 2.05) is 0 Å². The summed E-state index contributed by atoms with van der Waals surface area (Å²) in [6, 6.07) is 9.70. The number of carbonyl (C=O) groups excluding carboxylic acids is 1. The minimum atomic E-state index is -4.95. The molecule has 0 bridgehead atoms. The van der Waals surface area contributed by atoms with E-state index >= 15 is 0 Å². The van der Waals surface area contributed by atoms with E-state index < -0.39 is 34.8 Å². The van der Waals surface area contributed by atoms with Gasteiger partial charge in [-0.25, -0.2) is 14.1 Å². The van der Waals surface area contributed by atoms with Gasteiger partial charge in [0.1, 0.15) is 11.5 Å². The molecule has 5 nitrogen and oxygen atoms in total. The Bertz CT molecular complexity index is 1230. The largest absolute Gasteiger partial charge is 0.434 e. The van der Waals surface area contributed by atoms with Gasteiger partial charge >= 0.3 is 6.18 Å². The van der Waals surface area contributed by atoms with Gasteiger partial charge in [0, 0.05) is 5.02 Å². The fourth-order valence-corrected chi connectivity index (χ4v) is 3.85. The summed E-state index contributed by atoms with van der Waals surface area (Å²) in [6.07, 6.45) is -4.21. The third-order valence-corrected chi connectivity index (χ3v) is 5.10. The van der Waals surface area contributed by atoms with Crippen LogP contribution in [0.4, 0.5) is 22.7 Å². The van der Waals surface area contributed by atoms with Gasteiger partial charge in [-0.2, -0.15) is 18.3 Å². The molecule has 4 rings (SSSR count). The van der Waals surface area contributed by atoms with Crippen LogP contribution in [-0.2, 0) is 6.18 Å². The first-order chi connectivity index (χ1) is 13.7. The van der Waals surface area contributed by atoms with Crippen LogP contribution in [0.15, 0.2) is 48.7 Å². The van der Waals surface area contributed by atoms with Crippen molar-refractivity contribution in [2.45, 2.75) is 6.18 Å². The summed E-state index contributed by atoms with van der Waals surface area (Å²) >= 11 is 6.96. The van der Waals surface area contributed by atoms with Gasteiger partial charge in [0.05, 0.1) is 22.0 Å². The molecule has 2 aromatic carbocycles. The van der Waals surface area contributed by atoms with Crippen molar-refractivity contribution in [3.05, 3.63) is 70.8 Å². The lowest BCUT2D eigenvalue weighted by atomic mass is 10.2. The number of halogens is 5. The molecule has 0 saturated heterocycles. The number of nitrogens with zero attached hydrogens (tertiary/aromatic N) is 3. The molecule has 0 spiro atoms. The Morgan fingerprint density at radius 1 is 1.17 bits per heavy atom. The molecule has 2 heterocycles. The second-order valence-corrected chi connectivity index (χ2v) is 7.32. The summed E-state index contributed by atoms with van der Waals surface area (Å²) in [5, 5.41) is 6.49. The number of amides is 1. The van der Waals surface area contributed by atoms with Gasteiger partial charge in [0.15, 0.2) is 10.8 Å². The summed E-state index contributed by atoms with van der Waals surface area (Å²) < 4.78 is 56.1. The van der Waals surface area contributed by atoms with E-state index in [0.717, 1.165) is 29.7 Å². The lowest BCUT2D eigenvalue weighted by Gasteiger charge is -2.13. The molecule has 148 valence electrons. The molecule has 0 unspecified atom stereocenters. The number of fused-ring (bicyclic) bond motifs is 1. The molecule has 0 aliphatic heterocycles. The molecule has 0 atom stereocenters. The van der Waals surface area contributed by atoms with Crippen LogP contribution in [0.25, 0.3) is 15.9 Å². The highest BCUT2D eigenvalue weighted by molar-refractivity contribution is 7.22. The topological polar surface area (TPSA) is 59.8 Å². The fraction of sp³-hybridized carbons (Fsp3) is 0.0556. The Morgan fingerprint density at radius 2 is 1.93 bits per heavy atom. The molecule has 4 aromatic rings. The molecule has 11 heteroatoms. The fourth-order valence-electron chi connectivity index (χ4n) is 2.71. The first kappa shape index (κ1) is 19.3. The van der Waals surface area contributed by atoms with Crippen molar-refractivity contribution in [1.82, 2.24) is 14.8 Å². The van der Waals surface area contributed by atoms with E-state index in [0.29, 0.717) is 19.9 Å². The van der Waals surface area contributed by atoms with Crippen molar-refractivity contribution in [3.63, 3.8) is 0 Å². The van der Waals surface area contributed by atoms with Crippen molar-refractivity contribution in [3.8, 4) is 5.69 Å². The predicted molar refractivity (Wildman–Crippen MR) is 101 cm³/mol. The summed E-state index contributed by atoms with van der Waals surface area (Å²) in [5.74, 6) is -1.97. The zero-order valence-corrected chi connectivity index (χ0v) is 15.7. The van der Waals surface area contributed by atoms with E-state index in [2.05, 4.69) is 15.4 Å². The average Bonchev–Trinajstić information content (AvgIpc) is 3.25. The van der Waals surface area contributed by atoms with Gasteiger partial charge in [-0.3, -0.25) is 10.1 Å². The molecule has 1 N–H and O–H groups in total. The van der Waals surface area contributed by atoms with Crippen LogP contribution in [0, 0.1) is 5.82 Å². The number of hydrogen-bond acceptors (Lipinski definition) is 4. The van der Waals surface area contributed by atoms with Gasteiger partial charge in [-0.1, -0.05) is 35.1 Å². The number of anilines is 1. The number of thiazole rings is 1. The molecular weight excluding hydrogens is 432 g/mol. The standard InChI is InChI=1S/C18H9ClF4N4OS/c19-9-5-6-12-14(7-9)29-17(25-12)26-16(28)10-8-24-27(15(10)18(21,22)23)13-4-2-1-3-11(13)20/h1-8H,(H,25,26,28). The number of rotatable bonds is 3. The third kappa shape index (κ3) is 3.68. The molecule has 0 fully saturated rings. The van der Waals surface area contributed by atoms with Gasteiger partial charge in [0.25, 0.3) is 5.91 Å². The molecule has 0 aliphatic rings. The Morgan fingerprint density at radius 3 is 2.66 bits per heavy atom. The summed E-state index contributed by atoms with van der Waals surface area (Å²) in [5.41, 5.74) is -2.02. The maximum absolute atomic E-state index is 14.0. The van der Waals surface area contributed by atoms with Crippen molar-refractivity contribution < 1.29 is 22.4 Å². The van der Waals surface area contributed by atoms with Crippen molar-refractivity contribution in [2.24, 2.45) is 0 Å². The highest BCUT2D eigenvalue weighted by Crippen LogP contribution is 2.35. The van der Waals surface area contributed by atoms with E-state index in [-0.39, 0.29) is 5.13 Å². The lowest BCUT2D eigenvalue weighted by molar-refractivity contribution is -0.143. The quantitative estimate of drug-likeness (QED) is 0.425. The maximum atomic E-state index is 14.0. The molecule has 0 aliphatic carbocycles. The second-order valence-electron chi connectivity index (χ2n) is 5.85. The molecule has 2 aromatic heterocycles. The predicted octanol–water partition coefficient (Wildman–Crippen LogP) is 5.55. The van der Waals surface area contributed by atoms with Gasteiger partial charge in [-0.05, 0) is 30.3 Å². The van der Waals surface area contributed by atoms with Crippen LogP contribution >= 0.6 is 22.9 Å². The number of para-hydroxylation sites is 1. The number of alkyl halides is 3. The minimum Gasteiger partial charge on any atom is -0.298 e. The Balaban J connectivity index is 1.74. The van der Waals surface area contributed by atoms with E-state index in [1.54, 1.807) is 18.2 Å². The highest BCUT2D eigenvalue weighted by atomic mass is 35.5. The van der Waals surface area contributed by atoms with Crippen molar-refractivity contribution >= 4 is 44.2 Å². The lowest BCUT2D eigenvalue weighted by Crippen LogP contribution is -2.21. The number of hydrogen-bond donors (Lipinski definition) is 1. The third-order valence-electron chi connectivity index (χ3n) is 3.93. The van der Waals surface area contributed by atoms with Crippen molar-refractivity contribution in [1.29, 1.82) is 0 Å². The Hall–Kier alpha value is -2.98. The second kappa shape index (κ2) is 7.12. The molecule has 1 amide bonds. The van der Waals surface area contributed by atoms with E-state index in [1.165, 1.54) is 12.1 Å². The normalized spacial score (nSPS) is 11.8. The maximum Gasteiger partial charge on any atom is 0.434 e. The number of aromatic nitrogens is 3. The van der Waals surface area contributed by atoms with Crippen LogP contribution in [0.1, 0.15) is 16.1 Å². The monoisotopic (exact) mass is 440 g/mol. The minimum absolute atomic E-state index is 0.0963. The zero-order chi connectivity index (χ0) is 20.8. The zero-order valence-electron chi connectivity index (χ0n) is 14.2. The Labute approximate surface area is 169 Å². The van der Waals surface area contributed by atoms with Crippen LogP contribution in [0.2, 0.25) is 5.02 Å². The number of carbonyl (C=O) groups is 1. The van der Waals surface area contributed by atoms with E-state index in [9.17, 15) is 22.4 Å². The average molecular weight is 441 g/mol. The van der Waals surface area contributed by atoms with Gasteiger partial charge < -0.3 is 0 Å². The van der Waals surface area contributed by atoms with Crippen LogP contribution in [-0.4, -0.2) is 20.7 Å². The highest BCUT2D eigenvalue weighted by Gasteiger charge is 2.41. The first-order valence-corrected chi connectivity index (χ1v) is 9.21. The van der Waals surface area contributed by atoms with Crippen LogP contribution in [0.3, 0.4) is 0 Å². The van der Waals surface area contributed by atoms with Crippen LogP contribution in [0.5, 0.6) is 0 Å². The van der Waals surface area contributed by atoms with Gasteiger partial charge in [-0.15, -0.1) is 0 Å². The van der Waals surface area contributed by atoms with Crippen molar-refractivity contribution in [2.75, 3.05) is 5.32 Å². The SMILES string of the molecule is O=C(Nc1nc2ccc(Cl)cc2s1)c1cnn(-c2ccccc2F)c1C(F)(F)F. The smallest absolute Gasteiger partial charge is 0.298 e.